The molecule has 120 valence electrons. The van der Waals surface area contributed by atoms with Crippen molar-refractivity contribution in [3.05, 3.63) is 59.4 Å². The summed E-state index contributed by atoms with van der Waals surface area (Å²) in [6, 6.07) is 6.35. The van der Waals surface area contributed by atoms with E-state index in [1.165, 1.54) is 16.8 Å². The van der Waals surface area contributed by atoms with Crippen molar-refractivity contribution in [2.75, 3.05) is 0 Å². The van der Waals surface area contributed by atoms with Gasteiger partial charge >= 0.3 is 0 Å². The Bertz CT molecular complexity index is 745. The second-order valence-corrected chi connectivity index (χ2v) is 6.18. The standard InChI is InChI=1S/C19H23N3O/c1-4-7-19(23)21-16-9-6-11-18-15(16)12-20-22(18)17-10-5-8-13(2)14(17)3/h4-5,8,10,12,16H,1,6-7,9,11H2,2-3H3,(H,21,23)/t16-/m1/s1. The van der Waals surface area contributed by atoms with E-state index < -0.39 is 0 Å². The van der Waals surface area contributed by atoms with E-state index in [4.69, 9.17) is 0 Å². The fraction of sp³-hybridized carbons (Fsp3) is 0.368. The molecule has 4 heteroatoms. The Morgan fingerprint density at radius 3 is 3.09 bits per heavy atom. The molecule has 0 spiro atoms. The molecule has 4 nitrogen and oxygen atoms in total. The first-order chi connectivity index (χ1) is 11.1. The molecule has 2 aromatic rings. The molecule has 1 aliphatic rings. The Balaban J connectivity index is 1.95. The monoisotopic (exact) mass is 309 g/mol. The Morgan fingerprint density at radius 2 is 2.30 bits per heavy atom. The van der Waals surface area contributed by atoms with Gasteiger partial charge in [-0.2, -0.15) is 5.10 Å². The minimum atomic E-state index is 0.0253. The number of benzene rings is 1. The summed E-state index contributed by atoms with van der Waals surface area (Å²) in [4.78, 5) is 11.9. The first kappa shape index (κ1) is 15.5. The van der Waals surface area contributed by atoms with Crippen LogP contribution in [0.2, 0.25) is 0 Å². The summed E-state index contributed by atoms with van der Waals surface area (Å²) in [7, 11) is 0. The number of carbonyl (C=O) groups excluding carboxylic acids is 1. The molecule has 0 bridgehead atoms. The lowest BCUT2D eigenvalue weighted by Crippen LogP contribution is -2.30. The van der Waals surface area contributed by atoms with Gasteiger partial charge in [-0.15, -0.1) is 6.58 Å². The molecule has 23 heavy (non-hydrogen) atoms. The zero-order valence-corrected chi connectivity index (χ0v) is 13.8. The van der Waals surface area contributed by atoms with Gasteiger partial charge in [0.25, 0.3) is 0 Å². The zero-order valence-electron chi connectivity index (χ0n) is 13.8. The lowest BCUT2D eigenvalue weighted by atomic mass is 9.92. The van der Waals surface area contributed by atoms with Gasteiger partial charge in [0, 0.05) is 17.7 Å². The number of aromatic nitrogens is 2. The normalized spacial score (nSPS) is 16.7. The average molecular weight is 309 g/mol. The van der Waals surface area contributed by atoms with Crippen LogP contribution in [0.1, 0.15) is 47.7 Å². The number of hydrogen-bond acceptors (Lipinski definition) is 2. The summed E-state index contributed by atoms with van der Waals surface area (Å²) in [5.74, 6) is 0.0253. The molecule has 3 rings (SSSR count). The van der Waals surface area contributed by atoms with E-state index in [1.807, 2.05) is 10.9 Å². The van der Waals surface area contributed by atoms with Crippen LogP contribution in [0.15, 0.2) is 37.1 Å². The number of nitrogens with one attached hydrogen (secondary N) is 1. The summed E-state index contributed by atoms with van der Waals surface area (Å²) in [6.07, 6.45) is 6.93. The summed E-state index contributed by atoms with van der Waals surface area (Å²) in [6.45, 7) is 7.87. The molecule has 1 aliphatic carbocycles. The molecule has 1 amide bonds. The van der Waals surface area contributed by atoms with Crippen molar-refractivity contribution in [1.82, 2.24) is 15.1 Å². The van der Waals surface area contributed by atoms with E-state index >= 15 is 0 Å². The first-order valence-electron chi connectivity index (χ1n) is 8.15. The molecule has 0 saturated carbocycles. The third-order valence-corrected chi connectivity index (χ3v) is 4.65. The highest BCUT2D eigenvalue weighted by atomic mass is 16.1. The van der Waals surface area contributed by atoms with Crippen LogP contribution < -0.4 is 5.32 Å². The van der Waals surface area contributed by atoms with Crippen LogP contribution in [0.4, 0.5) is 0 Å². The predicted molar refractivity (Wildman–Crippen MR) is 91.7 cm³/mol. The van der Waals surface area contributed by atoms with E-state index in [-0.39, 0.29) is 11.9 Å². The van der Waals surface area contributed by atoms with E-state index in [0.717, 1.165) is 30.5 Å². The molecular formula is C19H23N3O. The van der Waals surface area contributed by atoms with Gasteiger partial charge in [0.05, 0.1) is 17.9 Å². The van der Waals surface area contributed by atoms with Crippen molar-refractivity contribution in [2.24, 2.45) is 0 Å². The lowest BCUT2D eigenvalue weighted by Gasteiger charge is -2.24. The number of aryl methyl sites for hydroxylation is 1. The van der Waals surface area contributed by atoms with Gasteiger partial charge < -0.3 is 5.32 Å². The van der Waals surface area contributed by atoms with Crippen molar-refractivity contribution in [3.63, 3.8) is 0 Å². The van der Waals surface area contributed by atoms with Crippen molar-refractivity contribution in [3.8, 4) is 5.69 Å². The van der Waals surface area contributed by atoms with Crippen molar-refractivity contribution >= 4 is 5.91 Å². The maximum Gasteiger partial charge on any atom is 0.224 e. The van der Waals surface area contributed by atoms with Gasteiger partial charge in [0.15, 0.2) is 0 Å². The number of nitrogens with zero attached hydrogens (tertiary/aromatic N) is 2. The Labute approximate surface area is 137 Å². The predicted octanol–water partition coefficient (Wildman–Crippen LogP) is 3.56. The summed E-state index contributed by atoms with van der Waals surface area (Å²) < 4.78 is 2.05. The fourth-order valence-electron chi connectivity index (χ4n) is 3.26. The van der Waals surface area contributed by atoms with E-state index in [2.05, 4.69) is 49.0 Å². The molecule has 1 aromatic carbocycles. The molecular weight excluding hydrogens is 286 g/mol. The lowest BCUT2D eigenvalue weighted by molar-refractivity contribution is -0.121. The molecule has 0 unspecified atom stereocenters. The van der Waals surface area contributed by atoms with Gasteiger partial charge in [-0.1, -0.05) is 18.2 Å². The van der Waals surface area contributed by atoms with Crippen LogP contribution in [0.3, 0.4) is 0 Å². The average Bonchev–Trinajstić information content (AvgIpc) is 2.95. The second-order valence-electron chi connectivity index (χ2n) is 6.18. The molecule has 0 aliphatic heterocycles. The smallest absolute Gasteiger partial charge is 0.224 e. The molecule has 1 heterocycles. The number of hydrogen-bond donors (Lipinski definition) is 1. The highest BCUT2D eigenvalue weighted by Gasteiger charge is 2.26. The van der Waals surface area contributed by atoms with Crippen molar-refractivity contribution in [1.29, 1.82) is 0 Å². The van der Waals surface area contributed by atoms with Gasteiger partial charge in [0.1, 0.15) is 0 Å². The quantitative estimate of drug-likeness (QED) is 0.878. The van der Waals surface area contributed by atoms with E-state index in [9.17, 15) is 4.79 Å². The molecule has 1 N–H and O–H groups in total. The van der Waals surface area contributed by atoms with E-state index in [1.54, 1.807) is 6.08 Å². The summed E-state index contributed by atoms with van der Waals surface area (Å²) in [5, 5.41) is 7.72. The Hall–Kier alpha value is -2.36. The van der Waals surface area contributed by atoms with Crippen LogP contribution in [0, 0.1) is 13.8 Å². The molecule has 0 radical (unpaired) electrons. The highest BCUT2D eigenvalue weighted by molar-refractivity contribution is 5.77. The maximum absolute atomic E-state index is 11.9. The number of fused-ring (bicyclic) bond motifs is 1. The van der Waals surface area contributed by atoms with E-state index in [0.29, 0.717) is 6.42 Å². The molecule has 1 atom stereocenters. The highest BCUT2D eigenvalue weighted by Crippen LogP contribution is 2.32. The number of rotatable bonds is 4. The second kappa shape index (κ2) is 6.41. The maximum atomic E-state index is 11.9. The Kier molecular flexibility index (Phi) is 4.33. The third kappa shape index (κ3) is 2.93. The largest absolute Gasteiger partial charge is 0.349 e. The minimum absolute atomic E-state index is 0.0253. The first-order valence-corrected chi connectivity index (χ1v) is 8.15. The van der Waals surface area contributed by atoms with Crippen molar-refractivity contribution < 1.29 is 4.79 Å². The minimum Gasteiger partial charge on any atom is -0.349 e. The van der Waals surface area contributed by atoms with Crippen LogP contribution in [0.25, 0.3) is 5.69 Å². The fourth-order valence-corrected chi connectivity index (χ4v) is 3.26. The molecule has 0 saturated heterocycles. The van der Waals surface area contributed by atoms with Gasteiger partial charge in [-0.25, -0.2) is 4.68 Å². The Morgan fingerprint density at radius 1 is 1.48 bits per heavy atom. The summed E-state index contributed by atoms with van der Waals surface area (Å²) >= 11 is 0. The van der Waals surface area contributed by atoms with Gasteiger partial charge in [-0.3, -0.25) is 4.79 Å². The number of carbonyl (C=O) groups is 1. The SMILES string of the molecule is C=CCC(=O)N[C@@H]1CCCc2c1cnn2-c1cccc(C)c1C. The van der Waals surface area contributed by atoms with Crippen molar-refractivity contribution in [2.45, 2.75) is 45.6 Å². The van der Waals surface area contributed by atoms with Crippen LogP contribution >= 0.6 is 0 Å². The zero-order chi connectivity index (χ0) is 16.4. The van der Waals surface area contributed by atoms with Gasteiger partial charge in [0.2, 0.25) is 5.91 Å². The molecule has 1 aromatic heterocycles. The van der Waals surface area contributed by atoms with Crippen LogP contribution in [0.5, 0.6) is 0 Å². The van der Waals surface area contributed by atoms with Gasteiger partial charge in [-0.05, 0) is 50.3 Å². The topological polar surface area (TPSA) is 46.9 Å². The third-order valence-electron chi connectivity index (χ3n) is 4.65. The number of amides is 1. The summed E-state index contributed by atoms with van der Waals surface area (Å²) in [5.41, 5.74) is 6.00. The van der Waals surface area contributed by atoms with Crippen LogP contribution in [-0.2, 0) is 11.2 Å². The van der Waals surface area contributed by atoms with Crippen LogP contribution in [-0.4, -0.2) is 15.7 Å². The molecule has 0 fully saturated rings.